The van der Waals surface area contributed by atoms with Crippen LogP contribution in [0, 0.1) is 5.92 Å². The second kappa shape index (κ2) is 10.2. The van der Waals surface area contributed by atoms with Gasteiger partial charge in [-0.25, -0.2) is 0 Å². The summed E-state index contributed by atoms with van der Waals surface area (Å²) in [6.45, 7) is 8.13. The predicted molar refractivity (Wildman–Crippen MR) is 103 cm³/mol. The number of carbonyl (C=O) groups is 2. The van der Waals surface area contributed by atoms with Crippen LogP contribution in [0.15, 0.2) is 24.3 Å². The van der Waals surface area contributed by atoms with E-state index in [1.807, 2.05) is 36.1 Å². The van der Waals surface area contributed by atoms with Crippen molar-refractivity contribution in [1.82, 2.24) is 10.2 Å². The summed E-state index contributed by atoms with van der Waals surface area (Å²) in [6.07, 6.45) is 3.86. The molecule has 1 aliphatic heterocycles. The maximum absolute atomic E-state index is 12.7. The first-order valence-electron chi connectivity index (χ1n) is 9.89. The predicted octanol–water partition coefficient (Wildman–Crippen LogP) is 3.69. The maximum Gasteiger partial charge on any atom is 0.223 e. The quantitative estimate of drug-likeness (QED) is 0.769. The summed E-state index contributed by atoms with van der Waals surface area (Å²) in [7, 11) is 0. The van der Waals surface area contributed by atoms with Gasteiger partial charge in [0.2, 0.25) is 11.8 Å². The minimum absolute atomic E-state index is 0.00267. The van der Waals surface area contributed by atoms with Crippen LogP contribution in [0.1, 0.15) is 64.5 Å². The van der Waals surface area contributed by atoms with Crippen LogP contribution in [0.4, 0.5) is 0 Å². The Bertz CT molecular complexity index is 577. The van der Waals surface area contributed by atoms with E-state index in [9.17, 15) is 9.59 Å². The van der Waals surface area contributed by atoms with E-state index in [1.165, 1.54) is 0 Å². The van der Waals surface area contributed by atoms with Crippen molar-refractivity contribution in [3.05, 3.63) is 29.8 Å². The SMILES string of the molecule is CCCOc1ccc(C(CC)NC(=O)C2CCN(C(=O)CC)CC2)cc1. The molecule has 5 heteroatoms. The van der Waals surface area contributed by atoms with E-state index in [1.54, 1.807) is 0 Å². The first kappa shape index (κ1) is 20.3. The number of nitrogens with zero attached hydrogens (tertiary/aromatic N) is 1. The van der Waals surface area contributed by atoms with Crippen LogP contribution in [-0.2, 0) is 9.59 Å². The van der Waals surface area contributed by atoms with Crippen molar-refractivity contribution in [2.45, 2.75) is 58.9 Å². The molecule has 1 aromatic carbocycles. The second-order valence-corrected chi connectivity index (χ2v) is 6.90. The Kier molecular flexibility index (Phi) is 7.95. The third kappa shape index (κ3) is 5.48. The number of piperidine rings is 1. The topological polar surface area (TPSA) is 58.6 Å². The molecule has 2 rings (SSSR count). The lowest BCUT2D eigenvalue weighted by Crippen LogP contribution is -2.43. The summed E-state index contributed by atoms with van der Waals surface area (Å²) in [5, 5.41) is 3.19. The molecule has 0 aromatic heterocycles. The molecule has 0 saturated carbocycles. The lowest BCUT2D eigenvalue weighted by Gasteiger charge is -2.32. The van der Waals surface area contributed by atoms with Gasteiger partial charge in [-0.2, -0.15) is 0 Å². The van der Waals surface area contributed by atoms with Crippen molar-refractivity contribution in [1.29, 1.82) is 0 Å². The molecular formula is C21H32N2O3. The van der Waals surface area contributed by atoms with E-state index >= 15 is 0 Å². The zero-order valence-electron chi connectivity index (χ0n) is 16.3. The van der Waals surface area contributed by atoms with Gasteiger partial charge in [0.25, 0.3) is 0 Å². The fraction of sp³-hybridized carbons (Fsp3) is 0.619. The zero-order valence-corrected chi connectivity index (χ0v) is 16.3. The highest BCUT2D eigenvalue weighted by Crippen LogP contribution is 2.23. The van der Waals surface area contributed by atoms with Gasteiger partial charge in [-0.1, -0.05) is 32.9 Å². The van der Waals surface area contributed by atoms with E-state index in [2.05, 4.69) is 19.2 Å². The third-order valence-electron chi connectivity index (χ3n) is 5.00. The summed E-state index contributed by atoms with van der Waals surface area (Å²) in [6, 6.07) is 8.01. The maximum atomic E-state index is 12.7. The van der Waals surface area contributed by atoms with E-state index in [0.717, 1.165) is 37.0 Å². The monoisotopic (exact) mass is 360 g/mol. The smallest absolute Gasteiger partial charge is 0.223 e. The van der Waals surface area contributed by atoms with Crippen molar-refractivity contribution < 1.29 is 14.3 Å². The number of likely N-dealkylation sites (tertiary alicyclic amines) is 1. The largest absolute Gasteiger partial charge is 0.494 e. The normalized spacial score (nSPS) is 16.2. The van der Waals surface area contributed by atoms with Gasteiger partial charge >= 0.3 is 0 Å². The molecular weight excluding hydrogens is 328 g/mol. The van der Waals surface area contributed by atoms with Gasteiger partial charge in [-0.05, 0) is 43.4 Å². The molecule has 0 bridgehead atoms. The number of ether oxygens (including phenoxy) is 1. The summed E-state index contributed by atoms with van der Waals surface area (Å²) in [4.78, 5) is 26.3. The highest BCUT2D eigenvalue weighted by Gasteiger charge is 2.27. The lowest BCUT2D eigenvalue weighted by atomic mass is 9.94. The Labute approximate surface area is 157 Å². The minimum Gasteiger partial charge on any atom is -0.494 e. The second-order valence-electron chi connectivity index (χ2n) is 6.90. The Morgan fingerprint density at radius 1 is 1.15 bits per heavy atom. The molecule has 1 atom stereocenters. The molecule has 1 heterocycles. The first-order valence-corrected chi connectivity index (χ1v) is 9.89. The fourth-order valence-corrected chi connectivity index (χ4v) is 3.34. The van der Waals surface area contributed by atoms with Crippen LogP contribution < -0.4 is 10.1 Å². The van der Waals surface area contributed by atoms with Crippen molar-refractivity contribution >= 4 is 11.8 Å². The number of carbonyl (C=O) groups excluding carboxylic acids is 2. The average molecular weight is 360 g/mol. The molecule has 0 radical (unpaired) electrons. The molecule has 2 amide bonds. The first-order chi connectivity index (χ1) is 12.6. The summed E-state index contributed by atoms with van der Waals surface area (Å²) in [5.41, 5.74) is 1.10. The van der Waals surface area contributed by atoms with Crippen molar-refractivity contribution in [3.63, 3.8) is 0 Å². The number of nitrogens with one attached hydrogen (secondary N) is 1. The number of hydrogen-bond donors (Lipinski definition) is 1. The molecule has 1 fully saturated rings. The number of hydrogen-bond acceptors (Lipinski definition) is 3. The highest BCUT2D eigenvalue weighted by atomic mass is 16.5. The fourth-order valence-electron chi connectivity index (χ4n) is 3.34. The Balaban J connectivity index is 1.89. The van der Waals surface area contributed by atoms with E-state index in [-0.39, 0.29) is 23.8 Å². The van der Waals surface area contributed by atoms with Gasteiger partial charge in [0.1, 0.15) is 5.75 Å². The number of rotatable bonds is 8. The van der Waals surface area contributed by atoms with Crippen molar-refractivity contribution in [2.24, 2.45) is 5.92 Å². The molecule has 0 spiro atoms. The third-order valence-corrected chi connectivity index (χ3v) is 5.00. The molecule has 26 heavy (non-hydrogen) atoms. The van der Waals surface area contributed by atoms with Gasteiger partial charge in [-0.15, -0.1) is 0 Å². The summed E-state index contributed by atoms with van der Waals surface area (Å²) in [5.74, 6) is 1.15. The number of amides is 2. The summed E-state index contributed by atoms with van der Waals surface area (Å²) < 4.78 is 5.62. The van der Waals surface area contributed by atoms with E-state index < -0.39 is 0 Å². The lowest BCUT2D eigenvalue weighted by molar-refractivity contribution is -0.135. The van der Waals surface area contributed by atoms with Crippen LogP contribution in [0.3, 0.4) is 0 Å². The molecule has 1 saturated heterocycles. The Hall–Kier alpha value is -2.04. The minimum atomic E-state index is -0.00267. The van der Waals surface area contributed by atoms with Crippen LogP contribution in [0.5, 0.6) is 5.75 Å². The molecule has 5 nitrogen and oxygen atoms in total. The Morgan fingerprint density at radius 3 is 2.35 bits per heavy atom. The van der Waals surface area contributed by atoms with E-state index in [4.69, 9.17) is 4.74 Å². The highest BCUT2D eigenvalue weighted by molar-refractivity contribution is 5.80. The zero-order chi connectivity index (χ0) is 18.9. The van der Waals surface area contributed by atoms with Crippen LogP contribution in [-0.4, -0.2) is 36.4 Å². The van der Waals surface area contributed by atoms with Crippen LogP contribution in [0.2, 0.25) is 0 Å². The molecule has 0 aliphatic carbocycles. The molecule has 1 aliphatic rings. The van der Waals surface area contributed by atoms with Gasteiger partial charge in [-0.3, -0.25) is 9.59 Å². The van der Waals surface area contributed by atoms with Gasteiger partial charge in [0, 0.05) is 25.4 Å². The van der Waals surface area contributed by atoms with Crippen LogP contribution >= 0.6 is 0 Å². The van der Waals surface area contributed by atoms with E-state index in [0.29, 0.717) is 26.1 Å². The van der Waals surface area contributed by atoms with Gasteiger partial charge in [0.05, 0.1) is 12.6 Å². The van der Waals surface area contributed by atoms with Gasteiger partial charge in [0.15, 0.2) is 0 Å². The standard InChI is InChI=1S/C21H32N2O3/c1-4-15-26-18-9-7-16(8-10-18)19(5-2)22-21(25)17-11-13-23(14-12-17)20(24)6-3/h7-10,17,19H,4-6,11-15H2,1-3H3,(H,22,25). The van der Waals surface area contributed by atoms with Gasteiger partial charge < -0.3 is 15.0 Å². The summed E-state index contributed by atoms with van der Waals surface area (Å²) >= 11 is 0. The molecule has 1 N–H and O–H groups in total. The van der Waals surface area contributed by atoms with Crippen molar-refractivity contribution in [3.8, 4) is 5.75 Å². The molecule has 144 valence electrons. The molecule has 1 unspecified atom stereocenters. The van der Waals surface area contributed by atoms with Crippen LogP contribution in [0.25, 0.3) is 0 Å². The average Bonchev–Trinajstić information content (AvgIpc) is 2.70. The Morgan fingerprint density at radius 2 is 1.81 bits per heavy atom. The van der Waals surface area contributed by atoms with Crippen molar-refractivity contribution in [2.75, 3.05) is 19.7 Å². The number of benzene rings is 1. The molecule has 1 aromatic rings.